The van der Waals surface area contributed by atoms with Crippen LogP contribution in [0.1, 0.15) is 33.6 Å². The minimum atomic E-state index is -0.243. The van der Waals surface area contributed by atoms with Gasteiger partial charge in [-0.15, -0.1) is 0 Å². The van der Waals surface area contributed by atoms with Gasteiger partial charge < -0.3 is 15.2 Å². The predicted octanol–water partition coefficient (Wildman–Crippen LogP) is 1.65. The van der Waals surface area contributed by atoms with Crippen LogP contribution in [0.2, 0.25) is 0 Å². The van der Waals surface area contributed by atoms with Crippen LogP contribution in [0, 0.1) is 0 Å². The van der Waals surface area contributed by atoms with E-state index in [1.807, 2.05) is 11.8 Å². The quantitative estimate of drug-likeness (QED) is 0.775. The van der Waals surface area contributed by atoms with E-state index in [9.17, 15) is 5.11 Å². The van der Waals surface area contributed by atoms with E-state index in [0.717, 1.165) is 31.8 Å². The Bertz CT molecular complexity index is 188. The van der Waals surface area contributed by atoms with Crippen molar-refractivity contribution in [3.8, 4) is 0 Å². The Morgan fingerprint density at radius 1 is 1.38 bits per heavy atom. The number of hydrogen-bond acceptors (Lipinski definition) is 4. The average Bonchev–Trinajstić information content (AvgIpc) is 2.24. The smallest absolute Gasteiger partial charge is 0.0755 e. The number of β-amino-alcohol motifs (C(OH)–C–C–N with tert-alkyl or cyclic N) is 1. The number of aliphatic hydroxyl groups excluding tert-OH is 1. The molecule has 0 aromatic heterocycles. The van der Waals surface area contributed by atoms with Crippen molar-refractivity contribution < 1.29 is 9.84 Å². The van der Waals surface area contributed by atoms with Crippen molar-refractivity contribution in [2.45, 2.75) is 50.5 Å². The molecule has 1 aliphatic rings. The van der Waals surface area contributed by atoms with Crippen molar-refractivity contribution in [2.24, 2.45) is 0 Å². The third-order valence-corrected chi connectivity index (χ3v) is 4.08. The molecule has 0 spiro atoms. The molecule has 4 heteroatoms. The van der Waals surface area contributed by atoms with Gasteiger partial charge in [0.2, 0.25) is 0 Å². The zero-order valence-electron chi connectivity index (χ0n) is 10.7. The minimum absolute atomic E-state index is 0.0876. The number of aliphatic hydroxyl groups is 1. The topological polar surface area (TPSA) is 41.5 Å². The summed E-state index contributed by atoms with van der Waals surface area (Å²) in [7, 11) is 0. The molecule has 0 radical (unpaired) electrons. The van der Waals surface area contributed by atoms with Gasteiger partial charge in [0.25, 0.3) is 0 Å². The van der Waals surface area contributed by atoms with E-state index >= 15 is 0 Å². The standard InChI is InChI=1S/C12H25NO2S/c1-12(2,3)13-8-10(14)9-16-11-4-6-15-7-5-11/h10-11,13-14H,4-9H2,1-3H3. The fourth-order valence-electron chi connectivity index (χ4n) is 1.57. The fraction of sp³-hybridized carbons (Fsp3) is 1.00. The second kappa shape index (κ2) is 6.84. The van der Waals surface area contributed by atoms with Gasteiger partial charge in [-0.1, -0.05) is 0 Å². The Balaban J connectivity index is 2.07. The molecule has 1 fully saturated rings. The monoisotopic (exact) mass is 247 g/mol. The highest BCUT2D eigenvalue weighted by atomic mass is 32.2. The van der Waals surface area contributed by atoms with Crippen LogP contribution in [0.4, 0.5) is 0 Å². The van der Waals surface area contributed by atoms with Crippen molar-refractivity contribution in [2.75, 3.05) is 25.5 Å². The Morgan fingerprint density at radius 2 is 2.00 bits per heavy atom. The molecule has 0 aliphatic carbocycles. The Hall–Kier alpha value is 0.230. The molecule has 1 unspecified atom stereocenters. The number of rotatable bonds is 5. The summed E-state index contributed by atoms with van der Waals surface area (Å²) in [6.45, 7) is 8.80. The van der Waals surface area contributed by atoms with Gasteiger partial charge in [0.1, 0.15) is 0 Å². The Labute approximate surface area is 103 Å². The molecule has 1 aliphatic heterocycles. The molecule has 1 rings (SSSR count). The summed E-state index contributed by atoms with van der Waals surface area (Å²) in [5.74, 6) is 0.827. The van der Waals surface area contributed by atoms with Gasteiger partial charge in [0.15, 0.2) is 0 Å². The van der Waals surface area contributed by atoms with Gasteiger partial charge in [-0.25, -0.2) is 0 Å². The molecule has 0 bridgehead atoms. The largest absolute Gasteiger partial charge is 0.391 e. The molecular formula is C12H25NO2S. The number of thioether (sulfide) groups is 1. The molecule has 16 heavy (non-hydrogen) atoms. The molecule has 2 N–H and O–H groups in total. The van der Waals surface area contributed by atoms with Crippen LogP contribution in [0.25, 0.3) is 0 Å². The van der Waals surface area contributed by atoms with Gasteiger partial charge in [0, 0.05) is 36.3 Å². The lowest BCUT2D eigenvalue weighted by molar-refractivity contribution is 0.0998. The molecule has 3 nitrogen and oxygen atoms in total. The number of hydrogen-bond donors (Lipinski definition) is 2. The van der Waals surface area contributed by atoms with Crippen molar-refractivity contribution in [1.82, 2.24) is 5.32 Å². The highest BCUT2D eigenvalue weighted by molar-refractivity contribution is 7.99. The molecule has 0 amide bonds. The predicted molar refractivity (Wildman–Crippen MR) is 70.1 cm³/mol. The van der Waals surface area contributed by atoms with Gasteiger partial charge in [-0.2, -0.15) is 11.8 Å². The van der Waals surface area contributed by atoms with E-state index in [-0.39, 0.29) is 11.6 Å². The van der Waals surface area contributed by atoms with Crippen molar-refractivity contribution in [3.63, 3.8) is 0 Å². The molecular weight excluding hydrogens is 222 g/mol. The van der Waals surface area contributed by atoms with E-state index in [1.165, 1.54) is 0 Å². The third-order valence-electron chi connectivity index (χ3n) is 2.56. The van der Waals surface area contributed by atoms with E-state index in [1.54, 1.807) is 0 Å². The Kier molecular flexibility index (Phi) is 6.11. The zero-order valence-corrected chi connectivity index (χ0v) is 11.5. The lowest BCUT2D eigenvalue weighted by Crippen LogP contribution is -2.41. The first kappa shape index (κ1) is 14.3. The van der Waals surface area contributed by atoms with E-state index in [0.29, 0.717) is 11.8 Å². The summed E-state index contributed by atoms with van der Waals surface area (Å²) in [6, 6.07) is 0. The number of nitrogens with one attached hydrogen (secondary N) is 1. The second-order valence-corrected chi connectivity index (χ2v) is 6.76. The van der Waals surface area contributed by atoms with E-state index in [2.05, 4.69) is 26.1 Å². The lowest BCUT2D eigenvalue weighted by Gasteiger charge is -2.25. The van der Waals surface area contributed by atoms with Gasteiger partial charge in [-0.05, 0) is 33.6 Å². The van der Waals surface area contributed by atoms with Crippen molar-refractivity contribution in [1.29, 1.82) is 0 Å². The molecule has 1 heterocycles. The lowest BCUT2D eigenvalue weighted by atomic mass is 10.1. The summed E-state index contributed by atoms with van der Waals surface area (Å²) in [5.41, 5.74) is 0.0876. The Morgan fingerprint density at radius 3 is 2.56 bits per heavy atom. The third kappa shape index (κ3) is 6.74. The molecule has 0 aromatic carbocycles. The molecule has 96 valence electrons. The van der Waals surface area contributed by atoms with Crippen LogP contribution in [-0.4, -0.2) is 47.5 Å². The normalized spacial score (nSPS) is 21.0. The van der Waals surface area contributed by atoms with Crippen LogP contribution >= 0.6 is 11.8 Å². The summed E-state index contributed by atoms with van der Waals surface area (Å²) in [5, 5.41) is 13.8. The maximum atomic E-state index is 9.83. The minimum Gasteiger partial charge on any atom is -0.391 e. The number of ether oxygens (including phenoxy) is 1. The zero-order chi connectivity index (χ0) is 12.0. The van der Waals surface area contributed by atoms with Crippen LogP contribution in [0.3, 0.4) is 0 Å². The average molecular weight is 247 g/mol. The summed E-state index contributed by atoms with van der Waals surface area (Å²) in [4.78, 5) is 0. The highest BCUT2D eigenvalue weighted by Gasteiger charge is 2.17. The maximum Gasteiger partial charge on any atom is 0.0755 e. The SMILES string of the molecule is CC(C)(C)NCC(O)CSC1CCOCC1. The van der Waals surface area contributed by atoms with Crippen molar-refractivity contribution in [3.05, 3.63) is 0 Å². The van der Waals surface area contributed by atoms with Gasteiger partial charge in [0.05, 0.1) is 6.10 Å². The summed E-state index contributed by atoms with van der Waals surface area (Å²) >= 11 is 1.89. The first-order valence-electron chi connectivity index (χ1n) is 6.10. The molecule has 1 saturated heterocycles. The first-order chi connectivity index (χ1) is 7.47. The van der Waals surface area contributed by atoms with Crippen LogP contribution in [-0.2, 0) is 4.74 Å². The molecule has 0 saturated carbocycles. The highest BCUT2D eigenvalue weighted by Crippen LogP contribution is 2.22. The van der Waals surface area contributed by atoms with Gasteiger partial charge in [-0.3, -0.25) is 0 Å². The molecule has 1 atom stereocenters. The van der Waals surface area contributed by atoms with Gasteiger partial charge >= 0.3 is 0 Å². The van der Waals surface area contributed by atoms with E-state index < -0.39 is 0 Å². The maximum absolute atomic E-state index is 9.83. The van der Waals surface area contributed by atoms with Crippen molar-refractivity contribution >= 4 is 11.8 Å². The second-order valence-electron chi connectivity index (χ2n) is 5.43. The summed E-state index contributed by atoms with van der Waals surface area (Å²) in [6.07, 6.45) is 2.01. The first-order valence-corrected chi connectivity index (χ1v) is 7.15. The van der Waals surface area contributed by atoms with Crippen LogP contribution in [0.15, 0.2) is 0 Å². The fourth-order valence-corrected chi connectivity index (χ4v) is 2.71. The van der Waals surface area contributed by atoms with E-state index in [4.69, 9.17) is 4.74 Å². The summed E-state index contributed by atoms with van der Waals surface area (Å²) < 4.78 is 5.31. The van der Waals surface area contributed by atoms with Crippen LogP contribution in [0.5, 0.6) is 0 Å². The molecule has 0 aromatic rings. The van der Waals surface area contributed by atoms with Crippen LogP contribution < -0.4 is 5.32 Å².